The van der Waals surface area contributed by atoms with Crippen molar-refractivity contribution in [1.82, 2.24) is 0 Å². The molecule has 0 aromatic rings. The van der Waals surface area contributed by atoms with E-state index in [0.29, 0.717) is 33.0 Å². The molecule has 0 aromatic carbocycles. The van der Waals surface area contributed by atoms with Gasteiger partial charge in [0.15, 0.2) is 0 Å². The number of esters is 1. The van der Waals surface area contributed by atoms with Crippen LogP contribution in [0.4, 0.5) is 0 Å². The Morgan fingerprint density at radius 3 is 2.21 bits per heavy atom. The first kappa shape index (κ1) is 24.9. The van der Waals surface area contributed by atoms with E-state index in [4.69, 9.17) is 4.74 Å². The molecule has 0 amide bonds. The van der Waals surface area contributed by atoms with Gasteiger partial charge in [0, 0.05) is 12.3 Å². The van der Waals surface area contributed by atoms with Gasteiger partial charge < -0.3 is 4.74 Å². The van der Waals surface area contributed by atoms with Gasteiger partial charge >= 0.3 is 5.97 Å². The Morgan fingerprint density at radius 1 is 0.853 bits per heavy atom. The molecule has 4 fully saturated rings. The second kappa shape index (κ2) is 7.38. The highest BCUT2D eigenvalue weighted by molar-refractivity contribution is 5.66. The Bertz CT molecular complexity index is 897. The zero-order valence-electron chi connectivity index (χ0n) is 23.8. The van der Waals surface area contributed by atoms with Crippen LogP contribution in [0.1, 0.15) is 127 Å². The topological polar surface area (TPSA) is 26.3 Å². The van der Waals surface area contributed by atoms with Crippen LogP contribution < -0.4 is 0 Å². The summed E-state index contributed by atoms with van der Waals surface area (Å²) in [6.07, 6.45) is 15.9. The fourth-order valence-electron chi connectivity index (χ4n) is 10.9. The third kappa shape index (κ3) is 3.21. The smallest absolute Gasteiger partial charge is 0.302 e. The van der Waals surface area contributed by atoms with Crippen molar-refractivity contribution in [3.63, 3.8) is 0 Å². The SMILES string of the molecule is CC(=O)OC1CC[C@]2(C)[C@H]3CC=C4[C@@H]5CC(C)(C)CC[C@]5(C)CC[C@@]4(C)[C@]3(C)CC[C@H]2C1(C)C. The minimum Gasteiger partial charge on any atom is -0.462 e. The quantitative estimate of drug-likeness (QED) is 0.284. The monoisotopic (exact) mass is 468 g/mol. The first-order chi connectivity index (χ1) is 15.6. The predicted octanol–water partition coefficient (Wildman–Crippen LogP) is 8.74. The summed E-state index contributed by atoms with van der Waals surface area (Å²) in [6, 6.07) is 0. The molecule has 8 atom stereocenters. The molecule has 0 saturated heterocycles. The Hall–Kier alpha value is -0.790. The Kier molecular flexibility index (Phi) is 5.40. The maximum Gasteiger partial charge on any atom is 0.302 e. The highest BCUT2D eigenvalue weighted by Crippen LogP contribution is 2.75. The van der Waals surface area contributed by atoms with Crippen molar-refractivity contribution in [2.24, 2.45) is 50.2 Å². The Balaban J connectivity index is 1.53. The normalized spacial score (nSPS) is 51.1. The molecule has 0 aliphatic heterocycles. The fraction of sp³-hybridized carbons (Fsp3) is 0.906. The van der Waals surface area contributed by atoms with Crippen LogP contribution in [0.5, 0.6) is 0 Å². The zero-order chi connectivity index (χ0) is 24.9. The van der Waals surface area contributed by atoms with Gasteiger partial charge in [-0.25, -0.2) is 0 Å². The van der Waals surface area contributed by atoms with E-state index in [9.17, 15) is 4.79 Å². The number of fused-ring (bicyclic) bond motifs is 7. The molecule has 0 aromatic heterocycles. The lowest BCUT2D eigenvalue weighted by Gasteiger charge is -2.71. The lowest BCUT2D eigenvalue weighted by Crippen LogP contribution is -2.64. The fourth-order valence-corrected chi connectivity index (χ4v) is 10.9. The van der Waals surface area contributed by atoms with Gasteiger partial charge in [-0.1, -0.05) is 67.0 Å². The largest absolute Gasteiger partial charge is 0.462 e. The summed E-state index contributed by atoms with van der Waals surface area (Å²) < 4.78 is 5.91. The third-order valence-electron chi connectivity index (χ3n) is 13.3. The van der Waals surface area contributed by atoms with Gasteiger partial charge in [0.25, 0.3) is 0 Å². The van der Waals surface area contributed by atoms with Crippen molar-refractivity contribution in [1.29, 1.82) is 0 Å². The average Bonchev–Trinajstić information content (AvgIpc) is 2.72. The van der Waals surface area contributed by atoms with Crippen LogP contribution in [-0.2, 0) is 9.53 Å². The van der Waals surface area contributed by atoms with Crippen LogP contribution in [0.15, 0.2) is 11.6 Å². The van der Waals surface area contributed by atoms with E-state index in [1.54, 1.807) is 6.92 Å². The molecule has 192 valence electrons. The maximum atomic E-state index is 11.9. The number of rotatable bonds is 1. The van der Waals surface area contributed by atoms with Crippen molar-refractivity contribution in [3.8, 4) is 0 Å². The lowest BCUT2D eigenvalue weighted by molar-refractivity contribution is -0.211. The molecule has 2 nitrogen and oxygen atoms in total. The number of carbonyl (C=O) groups excluding carboxylic acids is 1. The van der Waals surface area contributed by atoms with Crippen molar-refractivity contribution in [2.45, 2.75) is 133 Å². The van der Waals surface area contributed by atoms with Gasteiger partial charge in [-0.15, -0.1) is 0 Å². The number of ether oxygens (including phenoxy) is 1. The van der Waals surface area contributed by atoms with Crippen molar-refractivity contribution in [3.05, 3.63) is 11.6 Å². The summed E-state index contributed by atoms with van der Waals surface area (Å²) in [5.41, 5.74) is 3.92. The predicted molar refractivity (Wildman–Crippen MR) is 140 cm³/mol. The summed E-state index contributed by atoms with van der Waals surface area (Å²) in [7, 11) is 0. The van der Waals surface area contributed by atoms with Gasteiger partial charge in [0.05, 0.1) is 0 Å². The summed E-state index contributed by atoms with van der Waals surface area (Å²) in [6.45, 7) is 22.0. The number of carbonyl (C=O) groups is 1. The molecule has 5 rings (SSSR count). The zero-order valence-corrected chi connectivity index (χ0v) is 23.8. The highest BCUT2D eigenvalue weighted by atomic mass is 16.5. The van der Waals surface area contributed by atoms with Crippen molar-refractivity contribution >= 4 is 5.97 Å². The summed E-state index contributed by atoms with van der Waals surface area (Å²) >= 11 is 0. The van der Waals surface area contributed by atoms with E-state index < -0.39 is 0 Å². The van der Waals surface area contributed by atoms with Crippen LogP contribution in [0.25, 0.3) is 0 Å². The molecule has 1 unspecified atom stereocenters. The standard InChI is InChI=1S/C32H52O2/c1-21(33)34-26-13-14-30(7)24(28(26,4)5)12-15-32(9)25(30)11-10-22-23-20-27(2,3)16-17-29(23,6)18-19-31(22,32)8/h10,23-26H,11-20H2,1-9H3/t23-,24-,25+,26?,29+,30-,31+,32+/m0/s1. The molecule has 0 radical (unpaired) electrons. The summed E-state index contributed by atoms with van der Waals surface area (Å²) in [5, 5.41) is 0. The van der Waals surface area contributed by atoms with Crippen LogP contribution in [-0.4, -0.2) is 12.1 Å². The second-order valence-electron chi connectivity index (χ2n) is 15.8. The van der Waals surface area contributed by atoms with Crippen LogP contribution >= 0.6 is 0 Å². The molecule has 34 heavy (non-hydrogen) atoms. The van der Waals surface area contributed by atoms with E-state index >= 15 is 0 Å². The van der Waals surface area contributed by atoms with E-state index in [2.05, 4.69) is 61.5 Å². The van der Waals surface area contributed by atoms with E-state index in [-0.39, 0.29) is 17.5 Å². The van der Waals surface area contributed by atoms with E-state index in [1.165, 1.54) is 57.8 Å². The summed E-state index contributed by atoms with van der Waals surface area (Å²) in [5.74, 6) is 2.01. The average molecular weight is 469 g/mol. The number of hydrogen-bond donors (Lipinski definition) is 0. The van der Waals surface area contributed by atoms with Crippen molar-refractivity contribution < 1.29 is 9.53 Å². The van der Waals surface area contributed by atoms with Gasteiger partial charge in [-0.3, -0.25) is 4.79 Å². The number of allylic oxidation sites excluding steroid dienone is 2. The van der Waals surface area contributed by atoms with E-state index in [0.717, 1.165) is 18.3 Å². The minimum absolute atomic E-state index is 0.0451. The van der Waals surface area contributed by atoms with Crippen molar-refractivity contribution in [2.75, 3.05) is 0 Å². The van der Waals surface area contributed by atoms with Crippen LogP contribution in [0.3, 0.4) is 0 Å². The molecule has 5 aliphatic rings. The van der Waals surface area contributed by atoms with Gasteiger partial charge in [0.2, 0.25) is 0 Å². The molecular weight excluding hydrogens is 416 g/mol. The molecule has 2 heteroatoms. The molecule has 0 bridgehead atoms. The van der Waals surface area contributed by atoms with Gasteiger partial charge in [-0.2, -0.15) is 0 Å². The van der Waals surface area contributed by atoms with Crippen LogP contribution in [0, 0.1) is 50.2 Å². The maximum absolute atomic E-state index is 11.9. The first-order valence-corrected chi connectivity index (χ1v) is 14.5. The molecule has 0 N–H and O–H groups in total. The van der Waals surface area contributed by atoms with Gasteiger partial charge in [0.1, 0.15) is 6.10 Å². The molecule has 5 aliphatic carbocycles. The number of hydrogen-bond acceptors (Lipinski definition) is 2. The molecule has 0 spiro atoms. The first-order valence-electron chi connectivity index (χ1n) is 14.5. The molecule has 4 saturated carbocycles. The Labute approximate surface area is 210 Å². The van der Waals surface area contributed by atoms with E-state index in [1.807, 2.05) is 5.57 Å². The van der Waals surface area contributed by atoms with Gasteiger partial charge in [-0.05, 0) is 109 Å². The highest BCUT2D eigenvalue weighted by Gasteiger charge is 2.68. The Morgan fingerprint density at radius 2 is 1.53 bits per heavy atom. The molecule has 0 heterocycles. The van der Waals surface area contributed by atoms with Crippen LogP contribution in [0.2, 0.25) is 0 Å². The minimum atomic E-state index is -0.110. The second-order valence-corrected chi connectivity index (χ2v) is 15.8. The summed E-state index contributed by atoms with van der Waals surface area (Å²) in [4.78, 5) is 11.9. The lowest BCUT2D eigenvalue weighted by atomic mass is 9.33. The third-order valence-corrected chi connectivity index (χ3v) is 13.3. The molecular formula is C32H52O2.